The van der Waals surface area contributed by atoms with Gasteiger partial charge < -0.3 is 18.9 Å². The number of nitrogens with zero attached hydrogens (tertiary/aromatic N) is 4. The highest BCUT2D eigenvalue weighted by atomic mass is 79.9. The number of fused-ring (bicyclic) bond motifs is 6. The molecule has 18 heteroatoms. The van der Waals surface area contributed by atoms with E-state index in [0.29, 0.717) is 20.1 Å². The lowest BCUT2D eigenvalue weighted by atomic mass is 9.67. The van der Waals surface area contributed by atoms with E-state index in [2.05, 4.69) is 202 Å². The highest BCUT2D eigenvalue weighted by molar-refractivity contribution is 9.10. The Morgan fingerprint density at radius 2 is 0.840 bits per heavy atom. The summed E-state index contributed by atoms with van der Waals surface area (Å²) in [7, 11) is 0.228. The molecule has 0 amide bonds. The number of hydrogen-bond donors (Lipinski definition) is 0. The molecule has 0 aromatic heterocycles. The van der Waals surface area contributed by atoms with Crippen molar-refractivity contribution in [1.29, 1.82) is 0 Å². The van der Waals surface area contributed by atoms with Crippen molar-refractivity contribution >= 4 is 133 Å². The SMILES string of the molecule is CN1C(=CC=CC2=[N+](C)c3ccc(Br)cc3C23CCCCC3)C(C)(Cc2ccc(CC3(C)C(=CC=CC4=[N+](C)c5ccc(Br)cc5C45CCCCC5)N(C)c4cc(Cl)cc(Cl)c43)cc2)c2c(Cl)cc(Cl)cc21.Cc1ccc(S(=O)(=O)[O-])cc1.Cc1ccc(S(=O)(=O)[O-])cc1. The van der Waals surface area contributed by atoms with Crippen LogP contribution in [0.4, 0.5) is 22.7 Å². The number of allylic oxidation sites excluding steroid dienone is 8. The molecule has 7 aromatic rings. The predicted octanol–water partition coefficient (Wildman–Crippen LogP) is 19.7. The van der Waals surface area contributed by atoms with Gasteiger partial charge in [0.1, 0.15) is 34.3 Å². The first-order chi connectivity index (χ1) is 44.5. The maximum atomic E-state index is 10.4. The van der Waals surface area contributed by atoms with E-state index in [1.165, 1.54) is 119 Å². The van der Waals surface area contributed by atoms with E-state index >= 15 is 0 Å². The molecule has 94 heavy (non-hydrogen) atoms. The summed E-state index contributed by atoms with van der Waals surface area (Å²) in [5, 5.41) is 2.65. The molecule has 2 aliphatic carbocycles. The van der Waals surface area contributed by atoms with E-state index in [1.54, 1.807) is 24.3 Å². The summed E-state index contributed by atoms with van der Waals surface area (Å²) in [4.78, 5) is 4.23. The molecule has 7 aromatic carbocycles. The molecule has 2 saturated carbocycles. The van der Waals surface area contributed by atoms with Crippen LogP contribution in [0.1, 0.15) is 123 Å². The molecule has 6 aliphatic rings. The highest BCUT2D eigenvalue weighted by Crippen LogP contribution is 2.56. The zero-order valence-corrected chi connectivity index (χ0v) is 61.8. The fourth-order valence-electron chi connectivity index (χ4n) is 15.9. The first-order valence-corrected chi connectivity index (χ1v) is 37.6. The standard InChI is InChI=1S/C62H62Br2Cl4N4.2C7H8O3S/c1-59(53(71(5)51-35-43(65)33-47(67)57(51)59)15-13-17-55-61(27-9-7-10-28-61)45-31-41(63)23-25-49(45)69(55)3)37-39-19-21-40(22-20-39)38-60(2)54(72(6)52-36-44(66)34-48(68)58(52)60)16-14-18-56-62(29-11-8-12-30-62)46-32-42(64)24-26-50(46)70(56)4;2*1-6-2-4-7(5-3-6)11(8,9)10/h13-26,31-36H,7-12,27-30,37-38H2,1-6H3;2*2-5H,1H3,(H,8,9,10)/q+2;;/p-2. The Balaban J connectivity index is 0.000000346. The van der Waals surface area contributed by atoms with Crippen LogP contribution in [-0.2, 0) is 54.7 Å². The zero-order valence-electron chi connectivity index (χ0n) is 54.0. The van der Waals surface area contributed by atoms with E-state index in [-0.39, 0.29) is 20.6 Å². The van der Waals surface area contributed by atoms with Crippen molar-refractivity contribution in [2.45, 2.75) is 136 Å². The Hall–Kier alpha value is -5.62. The van der Waals surface area contributed by atoms with Crippen molar-refractivity contribution in [3.8, 4) is 0 Å². The van der Waals surface area contributed by atoms with Crippen LogP contribution in [0.15, 0.2) is 200 Å². The van der Waals surface area contributed by atoms with Crippen molar-refractivity contribution in [3.05, 3.63) is 255 Å². The summed E-state index contributed by atoms with van der Waals surface area (Å²) in [6.07, 6.45) is 27.6. The van der Waals surface area contributed by atoms with Crippen LogP contribution < -0.4 is 9.80 Å². The van der Waals surface area contributed by atoms with Crippen LogP contribution in [0.2, 0.25) is 20.1 Å². The molecule has 2 fully saturated rings. The topological polar surface area (TPSA) is 127 Å². The van der Waals surface area contributed by atoms with E-state index in [0.717, 1.165) is 81.1 Å². The molecular formula is C76H76Br2Cl4N4O6S2. The molecule has 0 bridgehead atoms. The van der Waals surface area contributed by atoms with Gasteiger partial charge in [-0.2, -0.15) is 9.15 Å². The normalized spacial score (nSPS) is 21.1. The minimum Gasteiger partial charge on any atom is -0.744 e. The van der Waals surface area contributed by atoms with Crippen LogP contribution in [-0.4, -0.2) is 74.7 Å². The Morgan fingerprint density at radius 3 is 1.17 bits per heavy atom. The maximum Gasteiger partial charge on any atom is 0.209 e. The second-order valence-electron chi connectivity index (χ2n) is 26.4. The quantitative estimate of drug-likeness (QED) is 0.0979. The molecular weight excluding hydrogens is 1430 g/mol. The van der Waals surface area contributed by atoms with Gasteiger partial charge in [0.25, 0.3) is 0 Å². The average molecular weight is 1510 g/mol. The number of rotatable bonds is 10. The van der Waals surface area contributed by atoms with Gasteiger partial charge in [0.05, 0.1) is 20.6 Å². The number of anilines is 2. The molecule has 0 saturated heterocycles. The summed E-state index contributed by atoms with van der Waals surface area (Å²) in [6, 6.07) is 42.3. The molecule has 2 unspecified atom stereocenters. The van der Waals surface area contributed by atoms with Crippen LogP contribution >= 0.6 is 78.3 Å². The number of likely N-dealkylation sites (N-methyl/N-ethyl adjacent to an activating group) is 2. The van der Waals surface area contributed by atoms with Gasteiger partial charge in [0.15, 0.2) is 11.4 Å². The van der Waals surface area contributed by atoms with Gasteiger partial charge in [-0.05, 0) is 162 Å². The van der Waals surface area contributed by atoms with E-state index in [4.69, 9.17) is 46.4 Å². The van der Waals surface area contributed by atoms with Crippen molar-refractivity contribution in [2.24, 2.45) is 0 Å². The van der Waals surface area contributed by atoms with Gasteiger partial charge in [-0.3, -0.25) is 0 Å². The van der Waals surface area contributed by atoms with E-state index < -0.39 is 31.1 Å². The Bertz CT molecular complexity index is 4290. The lowest BCUT2D eigenvalue weighted by molar-refractivity contribution is -0.402. The molecule has 4 aliphatic heterocycles. The third kappa shape index (κ3) is 13.4. The summed E-state index contributed by atoms with van der Waals surface area (Å²) < 4.78 is 69.5. The second-order valence-corrected chi connectivity index (χ2v) is 32.6. The number of benzene rings is 7. The monoisotopic (exact) mass is 1500 g/mol. The fourth-order valence-corrected chi connectivity index (χ4v) is 18.9. The highest BCUT2D eigenvalue weighted by Gasteiger charge is 2.53. The summed E-state index contributed by atoms with van der Waals surface area (Å²) in [6.45, 7) is 8.32. The second kappa shape index (κ2) is 27.4. The first-order valence-electron chi connectivity index (χ1n) is 31.7. The molecule has 0 radical (unpaired) electrons. The summed E-state index contributed by atoms with van der Waals surface area (Å²) in [5.41, 5.74) is 18.4. The number of halogens is 6. The van der Waals surface area contributed by atoms with Crippen molar-refractivity contribution in [3.63, 3.8) is 0 Å². The van der Waals surface area contributed by atoms with Crippen molar-refractivity contribution < 1.29 is 35.1 Å². The molecule has 2 spiro atoms. The molecule has 13 rings (SSSR count). The molecule has 0 N–H and O–H groups in total. The Kier molecular flexibility index (Phi) is 20.3. The van der Waals surface area contributed by atoms with Gasteiger partial charge in [0.2, 0.25) is 11.4 Å². The maximum absolute atomic E-state index is 10.4. The lowest BCUT2D eigenvalue weighted by Crippen LogP contribution is -2.36. The molecule has 2 atom stereocenters. The van der Waals surface area contributed by atoms with Crippen LogP contribution in [0.3, 0.4) is 0 Å². The minimum absolute atomic E-state index is 0.0149. The van der Waals surface area contributed by atoms with Gasteiger partial charge in [-0.25, -0.2) is 16.8 Å². The Labute approximate surface area is 591 Å². The van der Waals surface area contributed by atoms with Crippen molar-refractivity contribution in [1.82, 2.24) is 0 Å². The number of aryl methyl sites for hydroxylation is 2. The molecule has 490 valence electrons. The van der Waals surface area contributed by atoms with Crippen LogP contribution in [0.25, 0.3) is 0 Å². The smallest absolute Gasteiger partial charge is 0.209 e. The summed E-state index contributed by atoms with van der Waals surface area (Å²) >= 11 is 35.5. The van der Waals surface area contributed by atoms with Gasteiger partial charge >= 0.3 is 0 Å². The molecule has 10 nitrogen and oxygen atoms in total. The number of hydrogen-bond acceptors (Lipinski definition) is 8. The van der Waals surface area contributed by atoms with Crippen LogP contribution in [0, 0.1) is 13.8 Å². The average Bonchev–Trinajstić information content (AvgIpc) is 1.60. The minimum atomic E-state index is -4.27. The largest absolute Gasteiger partial charge is 0.744 e. The lowest BCUT2D eigenvalue weighted by Gasteiger charge is -2.32. The molecule has 4 heterocycles. The van der Waals surface area contributed by atoms with Gasteiger partial charge in [0, 0.05) is 123 Å². The van der Waals surface area contributed by atoms with Crippen molar-refractivity contribution in [2.75, 3.05) is 38.0 Å². The van der Waals surface area contributed by atoms with E-state index in [1.807, 2.05) is 26.0 Å². The van der Waals surface area contributed by atoms with Crippen LogP contribution in [0.5, 0.6) is 0 Å². The predicted molar refractivity (Wildman–Crippen MR) is 391 cm³/mol. The zero-order chi connectivity index (χ0) is 67.5. The van der Waals surface area contributed by atoms with E-state index in [9.17, 15) is 25.9 Å². The third-order valence-electron chi connectivity index (χ3n) is 20.3. The summed E-state index contributed by atoms with van der Waals surface area (Å²) in [5.74, 6) is 0. The van der Waals surface area contributed by atoms with Gasteiger partial charge in [-0.1, -0.05) is 189 Å². The first kappa shape index (κ1) is 69.7. The third-order valence-corrected chi connectivity index (χ3v) is 24.0. The Morgan fingerprint density at radius 1 is 0.500 bits per heavy atom. The van der Waals surface area contributed by atoms with Gasteiger partial charge in [-0.15, -0.1) is 0 Å². The fraction of sp³-hybridized carbons (Fsp3) is 0.316.